The third kappa shape index (κ3) is 3.56. The molecular formula is C21H19N5O2. The second-order valence-electron chi connectivity index (χ2n) is 6.44. The molecule has 4 rings (SSSR count). The molecule has 0 fully saturated rings. The molecule has 4 aromatic rings. The number of aliphatic hydroxyl groups excluding tert-OH is 1. The van der Waals surface area contributed by atoms with E-state index < -0.39 is 0 Å². The molecule has 0 unspecified atom stereocenters. The van der Waals surface area contributed by atoms with Gasteiger partial charge in [0, 0.05) is 17.6 Å². The van der Waals surface area contributed by atoms with Gasteiger partial charge in [-0.2, -0.15) is 5.10 Å². The lowest BCUT2D eigenvalue weighted by Crippen LogP contribution is -2.19. The number of carbonyl (C=O) groups is 1. The first-order valence-corrected chi connectivity index (χ1v) is 8.82. The summed E-state index contributed by atoms with van der Waals surface area (Å²) in [4.78, 5) is 16.4. The number of aromatic amines is 1. The fraction of sp³-hybridized carbons (Fsp3) is 0.0952. The molecule has 7 heteroatoms. The van der Waals surface area contributed by atoms with Gasteiger partial charge in [0.25, 0.3) is 0 Å². The van der Waals surface area contributed by atoms with E-state index in [1.807, 2.05) is 61.5 Å². The van der Waals surface area contributed by atoms with E-state index in [9.17, 15) is 9.90 Å². The van der Waals surface area contributed by atoms with E-state index in [1.54, 1.807) is 6.20 Å². The minimum atomic E-state index is -0.305. The third-order valence-corrected chi connectivity index (χ3v) is 4.45. The summed E-state index contributed by atoms with van der Waals surface area (Å²) in [5, 5.41) is 22.9. The van der Waals surface area contributed by atoms with Gasteiger partial charge in [-0.05, 0) is 48.4 Å². The fourth-order valence-electron chi connectivity index (χ4n) is 3.03. The van der Waals surface area contributed by atoms with Crippen LogP contribution in [0, 0.1) is 6.92 Å². The molecule has 0 aliphatic carbocycles. The molecule has 0 atom stereocenters. The highest BCUT2D eigenvalue weighted by atomic mass is 16.3. The summed E-state index contributed by atoms with van der Waals surface area (Å²) in [6, 6.07) is 16.6. The molecule has 0 saturated carbocycles. The lowest BCUT2D eigenvalue weighted by atomic mass is 10.0. The molecule has 140 valence electrons. The third-order valence-electron chi connectivity index (χ3n) is 4.45. The number of carbonyl (C=O) groups excluding carboxylic acids is 1. The molecule has 2 aromatic carbocycles. The number of rotatable bonds is 4. The highest BCUT2D eigenvalue weighted by molar-refractivity contribution is 6.00. The van der Waals surface area contributed by atoms with Crippen LogP contribution in [0.5, 0.6) is 0 Å². The SMILES string of the molecule is Cc1ccc(NC(=O)Nc2ccc(-c3ccnc4n[nH]c(CO)c34)cc2)cc1. The highest BCUT2D eigenvalue weighted by Crippen LogP contribution is 2.29. The number of benzene rings is 2. The van der Waals surface area contributed by atoms with Crippen molar-refractivity contribution < 1.29 is 9.90 Å². The summed E-state index contributed by atoms with van der Waals surface area (Å²) in [7, 11) is 0. The highest BCUT2D eigenvalue weighted by Gasteiger charge is 2.12. The number of pyridine rings is 1. The summed E-state index contributed by atoms with van der Waals surface area (Å²) in [5.74, 6) is 0. The Morgan fingerprint density at radius 1 is 1.00 bits per heavy atom. The number of hydrogen-bond donors (Lipinski definition) is 4. The van der Waals surface area contributed by atoms with Gasteiger partial charge >= 0.3 is 6.03 Å². The summed E-state index contributed by atoms with van der Waals surface area (Å²) in [5.41, 5.74) is 5.57. The molecule has 7 nitrogen and oxygen atoms in total. The first kappa shape index (κ1) is 17.7. The molecule has 0 spiro atoms. The Morgan fingerprint density at radius 3 is 2.29 bits per heavy atom. The quantitative estimate of drug-likeness (QED) is 0.433. The number of amides is 2. The summed E-state index contributed by atoms with van der Waals surface area (Å²) in [6.45, 7) is 1.85. The number of hydrogen-bond acceptors (Lipinski definition) is 4. The number of nitrogens with zero attached hydrogens (tertiary/aromatic N) is 2. The van der Waals surface area contributed by atoms with Gasteiger partial charge in [0.1, 0.15) is 0 Å². The molecule has 28 heavy (non-hydrogen) atoms. The van der Waals surface area contributed by atoms with Crippen molar-refractivity contribution in [2.45, 2.75) is 13.5 Å². The Bertz CT molecular complexity index is 1120. The Kier molecular flexibility index (Phi) is 4.74. The molecular weight excluding hydrogens is 354 g/mol. The first-order chi connectivity index (χ1) is 13.6. The molecule has 0 saturated heterocycles. The van der Waals surface area contributed by atoms with Crippen LogP contribution in [0.25, 0.3) is 22.2 Å². The standard InChI is InChI=1S/C21H19N5O2/c1-13-2-6-15(7-3-13)23-21(28)24-16-8-4-14(5-9-16)17-10-11-22-20-19(17)18(12-27)25-26-20/h2-11,27H,12H2,1H3,(H,22,25,26)(H2,23,24,28). The number of urea groups is 1. The second-order valence-corrected chi connectivity index (χ2v) is 6.44. The molecule has 0 radical (unpaired) electrons. The van der Waals surface area contributed by atoms with Crippen LogP contribution >= 0.6 is 0 Å². The van der Waals surface area contributed by atoms with Crippen molar-refractivity contribution in [3.05, 3.63) is 72.1 Å². The smallest absolute Gasteiger partial charge is 0.323 e. The Balaban J connectivity index is 1.52. The Morgan fingerprint density at radius 2 is 1.64 bits per heavy atom. The maximum absolute atomic E-state index is 12.2. The Hall–Kier alpha value is -3.71. The van der Waals surface area contributed by atoms with E-state index in [0.717, 1.165) is 27.8 Å². The molecule has 4 N–H and O–H groups in total. The first-order valence-electron chi connectivity index (χ1n) is 8.82. The van der Waals surface area contributed by atoms with Gasteiger partial charge in [0.15, 0.2) is 5.65 Å². The zero-order chi connectivity index (χ0) is 19.5. The number of H-pyrrole nitrogens is 1. The van der Waals surface area contributed by atoms with Crippen LogP contribution in [-0.4, -0.2) is 26.3 Å². The van der Waals surface area contributed by atoms with Crippen molar-refractivity contribution in [2.24, 2.45) is 0 Å². The van der Waals surface area contributed by atoms with E-state index in [4.69, 9.17) is 0 Å². The van der Waals surface area contributed by atoms with Crippen molar-refractivity contribution in [3.63, 3.8) is 0 Å². The number of nitrogens with one attached hydrogen (secondary N) is 3. The van der Waals surface area contributed by atoms with Crippen molar-refractivity contribution in [3.8, 4) is 11.1 Å². The van der Waals surface area contributed by atoms with Crippen molar-refractivity contribution in [1.82, 2.24) is 15.2 Å². The molecule has 2 aromatic heterocycles. The van der Waals surface area contributed by atoms with Crippen LogP contribution in [-0.2, 0) is 6.61 Å². The molecule has 2 amide bonds. The van der Waals surface area contributed by atoms with Gasteiger partial charge in [0.05, 0.1) is 17.7 Å². The number of aromatic nitrogens is 3. The zero-order valence-corrected chi connectivity index (χ0v) is 15.2. The number of fused-ring (bicyclic) bond motifs is 1. The normalized spacial score (nSPS) is 10.8. The van der Waals surface area contributed by atoms with Crippen LogP contribution in [0.1, 0.15) is 11.3 Å². The van der Waals surface area contributed by atoms with Crippen LogP contribution < -0.4 is 10.6 Å². The predicted molar refractivity (Wildman–Crippen MR) is 109 cm³/mol. The van der Waals surface area contributed by atoms with Crippen LogP contribution in [0.2, 0.25) is 0 Å². The van der Waals surface area contributed by atoms with E-state index in [-0.39, 0.29) is 12.6 Å². The maximum atomic E-state index is 12.2. The summed E-state index contributed by atoms with van der Waals surface area (Å²) >= 11 is 0. The van der Waals surface area contributed by atoms with Crippen molar-refractivity contribution >= 4 is 28.4 Å². The van der Waals surface area contributed by atoms with Gasteiger partial charge in [-0.25, -0.2) is 9.78 Å². The Labute approximate surface area is 161 Å². The van der Waals surface area contributed by atoms with Gasteiger partial charge < -0.3 is 15.7 Å². The monoisotopic (exact) mass is 373 g/mol. The molecule has 0 aliphatic heterocycles. The number of aryl methyl sites for hydroxylation is 1. The van der Waals surface area contributed by atoms with Gasteiger partial charge in [-0.15, -0.1) is 0 Å². The number of anilines is 2. The van der Waals surface area contributed by atoms with Crippen molar-refractivity contribution in [2.75, 3.05) is 10.6 Å². The minimum Gasteiger partial charge on any atom is -0.390 e. The molecule has 2 heterocycles. The van der Waals surface area contributed by atoms with E-state index in [2.05, 4.69) is 25.8 Å². The summed E-state index contributed by atoms with van der Waals surface area (Å²) < 4.78 is 0. The molecule has 0 bridgehead atoms. The second kappa shape index (κ2) is 7.50. The lowest BCUT2D eigenvalue weighted by Gasteiger charge is -2.09. The van der Waals surface area contributed by atoms with E-state index in [0.29, 0.717) is 17.0 Å². The van der Waals surface area contributed by atoms with Crippen LogP contribution in [0.15, 0.2) is 60.8 Å². The lowest BCUT2D eigenvalue weighted by molar-refractivity contribution is 0.262. The molecule has 0 aliphatic rings. The summed E-state index contributed by atoms with van der Waals surface area (Å²) in [6.07, 6.45) is 1.68. The zero-order valence-electron chi connectivity index (χ0n) is 15.2. The van der Waals surface area contributed by atoms with E-state index in [1.165, 1.54) is 0 Å². The largest absolute Gasteiger partial charge is 0.390 e. The van der Waals surface area contributed by atoms with Gasteiger partial charge in [-0.1, -0.05) is 29.8 Å². The average molecular weight is 373 g/mol. The maximum Gasteiger partial charge on any atom is 0.323 e. The predicted octanol–water partition coefficient (Wildman–Crippen LogP) is 4.07. The van der Waals surface area contributed by atoms with Crippen LogP contribution in [0.4, 0.5) is 16.2 Å². The average Bonchev–Trinajstić information content (AvgIpc) is 3.14. The van der Waals surface area contributed by atoms with Crippen LogP contribution in [0.3, 0.4) is 0 Å². The topological polar surface area (TPSA) is 103 Å². The van der Waals surface area contributed by atoms with Crippen molar-refractivity contribution in [1.29, 1.82) is 0 Å². The fourth-order valence-corrected chi connectivity index (χ4v) is 3.03. The number of aliphatic hydroxyl groups is 1. The van der Waals surface area contributed by atoms with Gasteiger partial charge in [-0.3, -0.25) is 5.10 Å². The van der Waals surface area contributed by atoms with Gasteiger partial charge in [0.2, 0.25) is 0 Å². The van der Waals surface area contributed by atoms with E-state index >= 15 is 0 Å². The minimum absolute atomic E-state index is 0.145.